The Morgan fingerprint density at radius 1 is 1.60 bits per heavy atom. The molecule has 1 aromatic heterocycles. The van der Waals surface area contributed by atoms with Gasteiger partial charge < -0.3 is 11.1 Å². The molecule has 3 N–H and O–H groups in total. The fourth-order valence-electron chi connectivity index (χ4n) is 1.50. The molecule has 0 spiro atoms. The maximum atomic E-state index is 5.56. The van der Waals surface area contributed by atoms with Crippen LogP contribution >= 0.6 is 11.3 Å². The Kier molecular flexibility index (Phi) is 5.65. The van der Waals surface area contributed by atoms with Gasteiger partial charge in [-0.25, -0.2) is 4.98 Å². The molecule has 1 heterocycles. The van der Waals surface area contributed by atoms with Crippen LogP contribution in [0.3, 0.4) is 0 Å². The van der Waals surface area contributed by atoms with Crippen LogP contribution in [0, 0.1) is 0 Å². The molecule has 0 radical (unpaired) electrons. The zero-order valence-corrected chi connectivity index (χ0v) is 10.4. The molecule has 86 valence electrons. The normalized spacial score (nSPS) is 12.9. The van der Waals surface area contributed by atoms with Crippen LogP contribution in [0.15, 0.2) is 5.38 Å². The molecule has 0 aliphatic heterocycles. The molecule has 1 unspecified atom stereocenters. The van der Waals surface area contributed by atoms with Gasteiger partial charge in [0, 0.05) is 24.4 Å². The van der Waals surface area contributed by atoms with Gasteiger partial charge in [-0.1, -0.05) is 19.8 Å². The van der Waals surface area contributed by atoms with E-state index in [4.69, 9.17) is 5.73 Å². The van der Waals surface area contributed by atoms with Crippen molar-refractivity contribution in [3.63, 3.8) is 0 Å². The second-order valence-electron chi connectivity index (χ2n) is 3.92. The summed E-state index contributed by atoms with van der Waals surface area (Å²) in [5.41, 5.74) is 6.67. The van der Waals surface area contributed by atoms with E-state index in [1.54, 1.807) is 0 Å². The summed E-state index contributed by atoms with van der Waals surface area (Å²) in [7, 11) is 0. The van der Waals surface area contributed by atoms with Crippen molar-refractivity contribution in [3.05, 3.63) is 11.1 Å². The molecular formula is C11H21N3S. The van der Waals surface area contributed by atoms with Gasteiger partial charge in [0.05, 0.1) is 5.69 Å². The molecule has 0 aromatic carbocycles. The van der Waals surface area contributed by atoms with Gasteiger partial charge in [0.2, 0.25) is 0 Å². The first-order valence-corrected chi connectivity index (χ1v) is 6.53. The summed E-state index contributed by atoms with van der Waals surface area (Å²) in [5.74, 6) is 0. The number of nitrogens with two attached hydrogens (primary N) is 1. The van der Waals surface area contributed by atoms with E-state index in [1.807, 2.05) is 5.38 Å². The van der Waals surface area contributed by atoms with Crippen LogP contribution in [0.4, 0.5) is 5.13 Å². The van der Waals surface area contributed by atoms with Crippen molar-refractivity contribution in [1.82, 2.24) is 10.3 Å². The van der Waals surface area contributed by atoms with E-state index < -0.39 is 0 Å². The van der Waals surface area contributed by atoms with Crippen molar-refractivity contribution in [2.45, 2.75) is 45.6 Å². The van der Waals surface area contributed by atoms with Gasteiger partial charge in [-0.2, -0.15) is 0 Å². The number of anilines is 1. The van der Waals surface area contributed by atoms with E-state index in [-0.39, 0.29) is 0 Å². The van der Waals surface area contributed by atoms with Crippen LogP contribution in [0.1, 0.15) is 38.8 Å². The highest BCUT2D eigenvalue weighted by Gasteiger charge is 2.02. The lowest BCUT2D eigenvalue weighted by Crippen LogP contribution is -2.28. The number of nitrogens with one attached hydrogen (secondary N) is 1. The van der Waals surface area contributed by atoms with Crippen LogP contribution in [-0.4, -0.2) is 17.6 Å². The quantitative estimate of drug-likeness (QED) is 0.752. The van der Waals surface area contributed by atoms with E-state index in [9.17, 15) is 0 Å². The number of nitrogen functional groups attached to an aromatic ring is 1. The van der Waals surface area contributed by atoms with Crippen LogP contribution in [0.2, 0.25) is 0 Å². The second kappa shape index (κ2) is 6.80. The Labute approximate surface area is 96.1 Å². The first-order valence-electron chi connectivity index (χ1n) is 5.65. The number of unbranched alkanes of at least 4 members (excludes halogenated alkanes) is 1. The second-order valence-corrected chi connectivity index (χ2v) is 4.81. The highest BCUT2D eigenvalue weighted by Crippen LogP contribution is 2.11. The molecule has 0 fully saturated rings. The SMILES string of the molecule is CCCCC(C)NCCc1csc(N)n1. The third kappa shape index (κ3) is 5.14. The van der Waals surface area contributed by atoms with Crippen LogP contribution in [-0.2, 0) is 6.42 Å². The standard InChI is InChI=1S/C11H21N3S/c1-3-4-5-9(2)13-7-6-10-8-15-11(12)14-10/h8-9,13H,3-7H2,1-2H3,(H2,12,14). The molecule has 15 heavy (non-hydrogen) atoms. The van der Waals surface area contributed by atoms with Crippen LogP contribution in [0.5, 0.6) is 0 Å². The molecule has 0 bridgehead atoms. The van der Waals surface area contributed by atoms with E-state index in [0.29, 0.717) is 11.2 Å². The molecule has 0 aliphatic carbocycles. The van der Waals surface area contributed by atoms with E-state index >= 15 is 0 Å². The first-order chi connectivity index (χ1) is 7.22. The van der Waals surface area contributed by atoms with Gasteiger partial charge in [-0.3, -0.25) is 0 Å². The topological polar surface area (TPSA) is 50.9 Å². The number of rotatable bonds is 7. The van der Waals surface area contributed by atoms with Crippen LogP contribution < -0.4 is 11.1 Å². The summed E-state index contributed by atoms with van der Waals surface area (Å²) in [5, 5.41) is 6.20. The average molecular weight is 227 g/mol. The van der Waals surface area contributed by atoms with Crippen molar-refractivity contribution in [2.24, 2.45) is 0 Å². The summed E-state index contributed by atoms with van der Waals surface area (Å²) in [6.07, 6.45) is 4.81. The van der Waals surface area contributed by atoms with Crippen molar-refractivity contribution < 1.29 is 0 Å². The Morgan fingerprint density at radius 2 is 2.40 bits per heavy atom. The highest BCUT2D eigenvalue weighted by molar-refractivity contribution is 7.13. The van der Waals surface area contributed by atoms with Crippen molar-refractivity contribution in [3.8, 4) is 0 Å². The van der Waals surface area contributed by atoms with E-state index in [2.05, 4.69) is 24.1 Å². The van der Waals surface area contributed by atoms with Crippen molar-refractivity contribution >= 4 is 16.5 Å². The maximum absolute atomic E-state index is 5.56. The van der Waals surface area contributed by atoms with E-state index in [1.165, 1.54) is 30.6 Å². The van der Waals surface area contributed by atoms with Crippen molar-refractivity contribution in [1.29, 1.82) is 0 Å². The lowest BCUT2D eigenvalue weighted by molar-refractivity contribution is 0.497. The minimum Gasteiger partial charge on any atom is -0.375 e. The van der Waals surface area contributed by atoms with Gasteiger partial charge >= 0.3 is 0 Å². The van der Waals surface area contributed by atoms with Gasteiger partial charge in [0.25, 0.3) is 0 Å². The summed E-state index contributed by atoms with van der Waals surface area (Å²) in [6, 6.07) is 0.612. The molecule has 0 saturated heterocycles. The smallest absolute Gasteiger partial charge is 0.180 e. The van der Waals surface area contributed by atoms with Crippen LogP contribution in [0.25, 0.3) is 0 Å². The zero-order chi connectivity index (χ0) is 11.1. The highest BCUT2D eigenvalue weighted by atomic mass is 32.1. The first kappa shape index (κ1) is 12.5. The number of nitrogens with zero attached hydrogens (tertiary/aromatic N) is 1. The largest absolute Gasteiger partial charge is 0.375 e. The predicted molar refractivity (Wildman–Crippen MR) is 67.2 cm³/mol. The third-order valence-corrected chi connectivity index (χ3v) is 3.16. The number of hydrogen-bond acceptors (Lipinski definition) is 4. The monoisotopic (exact) mass is 227 g/mol. The fraction of sp³-hybridized carbons (Fsp3) is 0.727. The Morgan fingerprint density at radius 3 is 3.00 bits per heavy atom. The number of hydrogen-bond donors (Lipinski definition) is 2. The third-order valence-electron chi connectivity index (χ3n) is 2.43. The molecule has 1 aromatic rings. The molecule has 1 atom stereocenters. The number of thiazole rings is 1. The molecule has 3 nitrogen and oxygen atoms in total. The zero-order valence-electron chi connectivity index (χ0n) is 9.62. The lowest BCUT2D eigenvalue weighted by atomic mass is 10.1. The lowest BCUT2D eigenvalue weighted by Gasteiger charge is -2.12. The summed E-state index contributed by atoms with van der Waals surface area (Å²) in [6.45, 7) is 5.46. The molecular weight excluding hydrogens is 206 g/mol. The van der Waals surface area contributed by atoms with Gasteiger partial charge in [-0.15, -0.1) is 11.3 Å². The molecule has 4 heteroatoms. The molecule has 0 aliphatic rings. The average Bonchev–Trinajstić information content (AvgIpc) is 2.61. The Bertz CT molecular complexity index is 273. The predicted octanol–water partition coefficient (Wildman–Crippen LogP) is 2.44. The molecule has 1 rings (SSSR count). The summed E-state index contributed by atoms with van der Waals surface area (Å²) < 4.78 is 0. The molecule has 0 saturated carbocycles. The summed E-state index contributed by atoms with van der Waals surface area (Å²) in [4.78, 5) is 4.23. The van der Waals surface area contributed by atoms with Gasteiger partial charge in [0.15, 0.2) is 5.13 Å². The Hall–Kier alpha value is -0.610. The number of aromatic nitrogens is 1. The fourth-order valence-corrected chi connectivity index (χ4v) is 2.09. The molecule has 0 amide bonds. The van der Waals surface area contributed by atoms with Gasteiger partial charge in [-0.05, 0) is 13.3 Å². The van der Waals surface area contributed by atoms with Gasteiger partial charge in [0.1, 0.15) is 0 Å². The van der Waals surface area contributed by atoms with Crippen molar-refractivity contribution in [2.75, 3.05) is 12.3 Å². The summed E-state index contributed by atoms with van der Waals surface area (Å²) >= 11 is 1.52. The minimum absolute atomic E-state index is 0.612. The minimum atomic E-state index is 0.612. The Balaban J connectivity index is 2.10. The van der Waals surface area contributed by atoms with E-state index in [0.717, 1.165) is 18.7 Å². The maximum Gasteiger partial charge on any atom is 0.180 e.